The number of nitrogens with zero attached hydrogens (tertiary/aromatic N) is 4. The van der Waals surface area contributed by atoms with Crippen molar-refractivity contribution in [2.45, 2.75) is 20.8 Å². The first-order chi connectivity index (χ1) is 6.81. The number of hydrogen-bond acceptors (Lipinski definition) is 5. The lowest BCUT2D eigenvalue weighted by Crippen LogP contribution is -2.24. The Labute approximate surface area is 84.6 Å². The molecule has 1 heterocycles. The van der Waals surface area contributed by atoms with Crippen LogP contribution in [0.15, 0.2) is 0 Å². The standard InChI is InChI=1S/C9H16N5/c1-4-10-8-11-7-12-9(13-8)14(5-2)6-3/h4-6H2,1-3H3,(H,10,11,12,13). The van der Waals surface area contributed by atoms with Crippen LogP contribution in [0, 0.1) is 6.33 Å². The van der Waals surface area contributed by atoms with E-state index in [0.29, 0.717) is 11.9 Å². The van der Waals surface area contributed by atoms with Gasteiger partial charge in [0.1, 0.15) is 0 Å². The Balaban J connectivity index is 2.81. The van der Waals surface area contributed by atoms with Gasteiger partial charge in [-0.25, -0.2) is 0 Å². The highest BCUT2D eigenvalue weighted by atomic mass is 15.3. The van der Waals surface area contributed by atoms with E-state index in [1.165, 1.54) is 0 Å². The molecule has 0 aliphatic heterocycles. The zero-order valence-corrected chi connectivity index (χ0v) is 8.91. The van der Waals surface area contributed by atoms with E-state index in [2.05, 4.69) is 45.3 Å². The van der Waals surface area contributed by atoms with E-state index in [9.17, 15) is 0 Å². The van der Waals surface area contributed by atoms with Crippen molar-refractivity contribution in [3.63, 3.8) is 0 Å². The van der Waals surface area contributed by atoms with Gasteiger partial charge in [0.05, 0.1) is 0 Å². The molecule has 5 heteroatoms. The second kappa shape index (κ2) is 5.36. The maximum atomic E-state index is 4.27. The van der Waals surface area contributed by atoms with Crippen LogP contribution in [-0.2, 0) is 0 Å². The summed E-state index contributed by atoms with van der Waals surface area (Å²) in [6.45, 7) is 8.72. The zero-order valence-electron chi connectivity index (χ0n) is 8.91. The quantitative estimate of drug-likeness (QED) is 0.756. The summed E-state index contributed by atoms with van der Waals surface area (Å²) in [5.74, 6) is 1.27. The summed E-state index contributed by atoms with van der Waals surface area (Å²) >= 11 is 0. The molecule has 0 spiro atoms. The van der Waals surface area contributed by atoms with Gasteiger partial charge in [0.15, 0.2) is 0 Å². The number of anilines is 2. The van der Waals surface area contributed by atoms with Crippen molar-refractivity contribution in [3.8, 4) is 0 Å². The van der Waals surface area contributed by atoms with Gasteiger partial charge >= 0.3 is 0 Å². The molecule has 0 atom stereocenters. The molecule has 1 aromatic rings. The number of aromatic nitrogens is 3. The van der Waals surface area contributed by atoms with Crippen LogP contribution in [-0.4, -0.2) is 34.6 Å². The van der Waals surface area contributed by atoms with Gasteiger partial charge in [-0.15, -0.1) is 0 Å². The van der Waals surface area contributed by atoms with Crippen LogP contribution >= 0.6 is 0 Å². The van der Waals surface area contributed by atoms with Crippen LogP contribution in [0.2, 0.25) is 0 Å². The van der Waals surface area contributed by atoms with Crippen LogP contribution in [0.4, 0.5) is 11.9 Å². The SMILES string of the molecule is CCNc1n[c]nc(N(CC)CC)n1. The maximum absolute atomic E-state index is 4.27. The fraction of sp³-hybridized carbons (Fsp3) is 0.667. The van der Waals surface area contributed by atoms with E-state index in [0.717, 1.165) is 19.6 Å². The van der Waals surface area contributed by atoms with Crippen LogP contribution in [0.3, 0.4) is 0 Å². The van der Waals surface area contributed by atoms with Crippen molar-refractivity contribution in [1.82, 2.24) is 15.0 Å². The molecule has 0 fully saturated rings. The van der Waals surface area contributed by atoms with E-state index in [1.807, 2.05) is 6.92 Å². The third-order valence-electron chi connectivity index (χ3n) is 1.89. The summed E-state index contributed by atoms with van der Waals surface area (Å²) in [6.07, 6.45) is 2.60. The minimum Gasteiger partial charge on any atom is -0.354 e. The molecule has 5 nitrogen and oxygen atoms in total. The van der Waals surface area contributed by atoms with Gasteiger partial charge in [0.25, 0.3) is 0 Å². The first kappa shape index (κ1) is 10.7. The number of hydrogen-bond donors (Lipinski definition) is 1. The Morgan fingerprint density at radius 1 is 1.21 bits per heavy atom. The Morgan fingerprint density at radius 3 is 2.50 bits per heavy atom. The summed E-state index contributed by atoms with van der Waals surface area (Å²) in [5.41, 5.74) is 0. The Morgan fingerprint density at radius 2 is 1.93 bits per heavy atom. The van der Waals surface area contributed by atoms with Crippen LogP contribution in [0.5, 0.6) is 0 Å². The molecule has 0 saturated carbocycles. The van der Waals surface area contributed by atoms with Crippen molar-refractivity contribution in [3.05, 3.63) is 6.33 Å². The molecule has 14 heavy (non-hydrogen) atoms. The molecule has 1 aromatic heterocycles. The number of nitrogens with one attached hydrogen (secondary N) is 1. The first-order valence-electron chi connectivity index (χ1n) is 4.92. The van der Waals surface area contributed by atoms with E-state index in [4.69, 9.17) is 0 Å². The molecule has 1 rings (SSSR count). The van der Waals surface area contributed by atoms with Gasteiger partial charge in [0, 0.05) is 19.6 Å². The Bertz CT molecular complexity index is 272. The lowest BCUT2D eigenvalue weighted by molar-refractivity contribution is 0.810. The average Bonchev–Trinajstić information content (AvgIpc) is 2.21. The third-order valence-corrected chi connectivity index (χ3v) is 1.89. The van der Waals surface area contributed by atoms with Crippen molar-refractivity contribution in [2.75, 3.05) is 29.9 Å². The largest absolute Gasteiger partial charge is 0.354 e. The predicted octanol–water partition coefficient (Wildman–Crippen LogP) is 0.950. The molecular formula is C9H16N5. The molecule has 0 unspecified atom stereocenters. The molecule has 1 radical (unpaired) electrons. The van der Waals surface area contributed by atoms with Crippen molar-refractivity contribution in [1.29, 1.82) is 0 Å². The van der Waals surface area contributed by atoms with Crippen molar-refractivity contribution in [2.24, 2.45) is 0 Å². The highest BCUT2D eigenvalue weighted by Crippen LogP contribution is 2.06. The predicted molar refractivity (Wildman–Crippen MR) is 56.4 cm³/mol. The molecule has 77 valence electrons. The third kappa shape index (κ3) is 2.55. The minimum atomic E-state index is 0.587. The summed E-state index contributed by atoms with van der Waals surface area (Å²) in [5, 5.41) is 3.03. The van der Waals surface area contributed by atoms with Gasteiger partial charge in [-0.2, -0.15) is 15.0 Å². The highest BCUT2D eigenvalue weighted by Gasteiger charge is 2.05. The topological polar surface area (TPSA) is 53.9 Å². The summed E-state index contributed by atoms with van der Waals surface area (Å²) in [6, 6.07) is 0. The fourth-order valence-electron chi connectivity index (χ4n) is 1.15. The lowest BCUT2D eigenvalue weighted by atomic mass is 10.5. The highest BCUT2D eigenvalue weighted by molar-refractivity contribution is 5.34. The van der Waals surface area contributed by atoms with E-state index in [1.54, 1.807) is 0 Å². The van der Waals surface area contributed by atoms with Gasteiger partial charge in [-0.1, -0.05) is 0 Å². The molecule has 0 saturated heterocycles. The van der Waals surface area contributed by atoms with Crippen molar-refractivity contribution < 1.29 is 0 Å². The normalized spacial score (nSPS) is 9.93. The summed E-state index contributed by atoms with van der Waals surface area (Å²) in [4.78, 5) is 14.2. The van der Waals surface area contributed by atoms with Crippen molar-refractivity contribution >= 4 is 11.9 Å². The molecule has 0 aromatic carbocycles. The van der Waals surface area contributed by atoms with Crippen LogP contribution in [0.1, 0.15) is 20.8 Å². The molecular weight excluding hydrogens is 178 g/mol. The summed E-state index contributed by atoms with van der Waals surface area (Å²) < 4.78 is 0. The van der Waals surface area contributed by atoms with Crippen LogP contribution in [0.25, 0.3) is 0 Å². The molecule has 1 N–H and O–H groups in total. The first-order valence-corrected chi connectivity index (χ1v) is 4.92. The second-order valence-corrected chi connectivity index (χ2v) is 2.76. The monoisotopic (exact) mass is 194 g/mol. The molecule has 0 bridgehead atoms. The Kier molecular flexibility index (Phi) is 4.10. The molecule has 0 amide bonds. The van der Waals surface area contributed by atoms with Gasteiger partial charge < -0.3 is 10.2 Å². The smallest absolute Gasteiger partial charge is 0.230 e. The van der Waals surface area contributed by atoms with E-state index >= 15 is 0 Å². The fourth-order valence-corrected chi connectivity index (χ4v) is 1.15. The maximum Gasteiger partial charge on any atom is 0.230 e. The lowest BCUT2D eigenvalue weighted by Gasteiger charge is -2.17. The number of rotatable bonds is 5. The minimum absolute atomic E-state index is 0.587. The van der Waals surface area contributed by atoms with Gasteiger partial charge in [-0.3, -0.25) is 0 Å². The van der Waals surface area contributed by atoms with E-state index in [-0.39, 0.29) is 0 Å². The second-order valence-electron chi connectivity index (χ2n) is 2.76. The molecule has 0 aliphatic rings. The molecule has 0 aliphatic carbocycles. The van der Waals surface area contributed by atoms with Gasteiger partial charge in [0.2, 0.25) is 18.2 Å². The van der Waals surface area contributed by atoms with Gasteiger partial charge in [-0.05, 0) is 20.8 Å². The van der Waals surface area contributed by atoms with Crippen LogP contribution < -0.4 is 10.2 Å². The Hall–Kier alpha value is -1.39. The summed E-state index contributed by atoms with van der Waals surface area (Å²) in [7, 11) is 0. The average molecular weight is 194 g/mol. The zero-order chi connectivity index (χ0) is 10.4. The van der Waals surface area contributed by atoms with E-state index < -0.39 is 0 Å².